The van der Waals surface area contributed by atoms with Gasteiger partial charge in [0.1, 0.15) is 0 Å². The summed E-state index contributed by atoms with van der Waals surface area (Å²) in [6.07, 6.45) is 0. The van der Waals surface area contributed by atoms with Crippen LogP contribution in [0.3, 0.4) is 0 Å². The van der Waals surface area contributed by atoms with Crippen LogP contribution >= 0.6 is 39.0 Å². The molecule has 0 bridgehead atoms. The van der Waals surface area contributed by atoms with E-state index in [2.05, 4.69) is 26.2 Å². The highest BCUT2D eigenvalue weighted by Gasteiger charge is 2.08. The van der Waals surface area contributed by atoms with Gasteiger partial charge in [-0.05, 0) is 12.1 Å². The monoisotopic (exact) mass is 371 g/mol. The van der Waals surface area contributed by atoms with Gasteiger partial charge in [-0.3, -0.25) is 4.79 Å². The Kier molecular flexibility index (Phi) is 6.03. The Morgan fingerprint density at radius 1 is 1.40 bits per heavy atom. The van der Waals surface area contributed by atoms with Crippen molar-refractivity contribution in [2.24, 2.45) is 5.73 Å². The van der Waals surface area contributed by atoms with Crippen LogP contribution in [0.25, 0.3) is 11.3 Å². The van der Waals surface area contributed by atoms with E-state index in [0.29, 0.717) is 17.4 Å². The van der Waals surface area contributed by atoms with Gasteiger partial charge < -0.3 is 11.1 Å². The van der Waals surface area contributed by atoms with E-state index in [4.69, 9.17) is 5.73 Å². The number of anilines is 1. The van der Waals surface area contributed by atoms with Crippen molar-refractivity contribution in [1.82, 2.24) is 4.98 Å². The normalized spacial score (nSPS) is 10.5. The third-order valence-electron chi connectivity index (χ3n) is 2.39. The molecule has 1 aromatic heterocycles. The Bertz CT molecular complexity index is 571. The van der Waals surface area contributed by atoms with Gasteiger partial charge in [-0.25, -0.2) is 4.98 Å². The predicted octanol–water partition coefficient (Wildman–Crippen LogP) is 3.20. The fourth-order valence-electron chi connectivity index (χ4n) is 1.49. The maximum Gasteiger partial charge on any atom is 0.236 e. The summed E-state index contributed by atoms with van der Waals surface area (Å²) < 4.78 is 1.03. The zero-order valence-corrected chi connectivity index (χ0v) is 13.9. The first-order valence-corrected chi connectivity index (χ1v) is 8.81. The summed E-state index contributed by atoms with van der Waals surface area (Å²) in [5.41, 5.74) is 7.28. The highest BCUT2D eigenvalue weighted by atomic mass is 79.9. The lowest BCUT2D eigenvalue weighted by molar-refractivity contribution is -0.113. The molecule has 20 heavy (non-hydrogen) atoms. The van der Waals surface area contributed by atoms with Crippen LogP contribution in [0.4, 0.5) is 5.13 Å². The molecule has 2 aromatic rings. The molecule has 0 spiro atoms. The minimum absolute atomic E-state index is 0.0415. The molecule has 0 aliphatic carbocycles. The number of rotatable bonds is 6. The van der Waals surface area contributed by atoms with E-state index < -0.39 is 0 Å². The number of thioether (sulfide) groups is 1. The molecule has 0 aliphatic heterocycles. The van der Waals surface area contributed by atoms with E-state index in [1.807, 2.05) is 29.6 Å². The number of nitrogens with zero attached hydrogens (tertiary/aromatic N) is 1. The Hall–Kier alpha value is -0.890. The van der Waals surface area contributed by atoms with E-state index >= 15 is 0 Å². The maximum absolute atomic E-state index is 11.7. The van der Waals surface area contributed by atoms with E-state index in [1.165, 1.54) is 23.1 Å². The Balaban J connectivity index is 1.95. The summed E-state index contributed by atoms with van der Waals surface area (Å²) in [7, 11) is 0. The first-order chi connectivity index (χ1) is 9.69. The van der Waals surface area contributed by atoms with Gasteiger partial charge in [0.2, 0.25) is 5.91 Å². The van der Waals surface area contributed by atoms with E-state index in [1.54, 1.807) is 0 Å². The molecule has 2 rings (SSSR count). The van der Waals surface area contributed by atoms with Gasteiger partial charge in [-0.2, -0.15) is 11.8 Å². The van der Waals surface area contributed by atoms with Crippen LogP contribution in [0.15, 0.2) is 34.1 Å². The molecule has 1 amide bonds. The minimum Gasteiger partial charge on any atom is -0.330 e. The van der Waals surface area contributed by atoms with Crippen molar-refractivity contribution in [3.8, 4) is 11.3 Å². The first kappa shape index (κ1) is 15.5. The maximum atomic E-state index is 11.7. The van der Waals surface area contributed by atoms with Gasteiger partial charge in [0.05, 0.1) is 11.4 Å². The summed E-state index contributed by atoms with van der Waals surface area (Å²) in [6, 6.07) is 7.91. The molecule has 106 valence electrons. The molecule has 4 nitrogen and oxygen atoms in total. The number of nitrogens with two attached hydrogens (primary N) is 1. The topological polar surface area (TPSA) is 68.0 Å². The second-order valence-electron chi connectivity index (χ2n) is 3.93. The Morgan fingerprint density at radius 2 is 2.15 bits per heavy atom. The number of aromatic nitrogens is 1. The lowest BCUT2D eigenvalue weighted by atomic mass is 10.2. The minimum atomic E-state index is -0.0415. The summed E-state index contributed by atoms with van der Waals surface area (Å²) in [4.78, 5) is 16.1. The average molecular weight is 372 g/mol. The SMILES string of the molecule is NCCSCC(=O)Nc1nc(-c2ccc(Br)cc2)cs1. The number of carbonyl (C=O) groups is 1. The van der Waals surface area contributed by atoms with E-state index in [0.717, 1.165) is 21.5 Å². The summed E-state index contributed by atoms with van der Waals surface area (Å²) in [6.45, 7) is 0.586. The largest absolute Gasteiger partial charge is 0.330 e. The number of benzene rings is 1. The molecule has 0 saturated carbocycles. The summed E-state index contributed by atoms with van der Waals surface area (Å²) in [5.74, 6) is 1.15. The van der Waals surface area contributed by atoms with Crippen molar-refractivity contribution in [2.75, 3.05) is 23.4 Å². The Morgan fingerprint density at radius 3 is 2.85 bits per heavy atom. The van der Waals surface area contributed by atoms with Crippen LogP contribution < -0.4 is 11.1 Å². The molecule has 0 aliphatic rings. The first-order valence-electron chi connectivity index (χ1n) is 5.98. The lowest BCUT2D eigenvalue weighted by Crippen LogP contribution is -2.15. The molecule has 0 atom stereocenters. The average Bonchev–Trinajstić information content (AvgIpc) is 2.88. The molecule has 7 heteroatoms. The van der Waals surface area contributed by atoms with Gasteiger partial charge in [0.15, 0.2) is 5.13 Å². The number of hydrogen-bond acceptors (Lipinski definition) is 5. The number of thiazole rings is 1. The molecule has 3 N–H and O–H groups in total. The highest BCUT2D eigenvalue weighted by molar-refractivity contribution is 9.10. The van der Waals surface area contributed by atoms with Gasteiger partial charge in [0.25, 0.3) is 0 Å². The number of nitrogens with one attached hydrogen (secondary N) is 1. The van der Waals surface area contributed by atoms with Crippen molar-refractivity contribution in [3.63, 3.8) is 0 Å². The van der Waals surface area contributed by atoms with Gasteiger partial charge in [-0.15, -0.1) is 11.3 Å². The molecule has 1 aromatic carbocycles. The molecule has 0 radical (unpaired) electrons. The molecule has 0 saturated heterocycles. The van der Waals surface area contributed by atoms with Gasteiger partial charge in [-0.1, -0.05) is 28.1 Å². The zero-order valence-electron chi connectivity index (χ0n) is 10.6. The van der Waals surface area contributed by atoms with E-state index in [9.17, 15) is 4.79 Å². The second-order valence-corrected chi connectivity index (χ2v) is 6.81. The van der Waals surface area contributed by atoms with Crippen molar-refractivity contribution in [3.05, 3.63) is 34.1 Å². The molecular weight excluding hydrogens is 358 g/mol. The van der Waals surface area contributed by atoms with Crippen molar-refractivity contribution in [2.45, 2.75) is 0 Å². The van der Waals surface area contributed by atoms with Crippen molar-refractivity contribution < 1.29 is 4.79 Å². The standard InChI is InChI=1S/C13H14BrN3OS2/c14-10-3-1-9(2-4-10)11-7-20-13(16-11)17-12(18)8-19-6-5-15/h1-4,7H,5-6,8,15H2,(H,16,17,18). The van der Waals surface area contributed by atoms with Crippen molar-refractivity contribution >= 4 is 50.1 Å². The third kappa shape index (κ3) is 4.59. The van der Waals surface area contributed by atoms with E-state index in [-0.39, 0.29) is 5.91 Å². The number of amides is 1. The van der Waals surface area contributed by atoms with Gasteiger partial charge >= 0.3 is 0 Å². The number of hydrogen-bond donors (Lipinski definition) is 2. The fraction of sp³-hybridized carbons (Fsp3) is 0.231. The van der Waals surface area contributed by atoms with Crippen LogP contribution in [0, 0.1) is 0 Å². The molecule has 1 heterocycles. The fourth-order valence-corrected chi connectivity index (χ4v) is 3.06. The summed E-state index contributed by atoms with van der Waals surface area (Å²) in [5, 5.41) is 5.36. The second kappa shape index (κ2) is 7.78. The molecular formula is C13H14BrN3OS2. The van der Waals surface area contributed by atoms with Crippen LogP contribution in [-0.2, 0) is 4.79 Å². The smallest absolute Gasteiger partial charge is 0.236 e. The van der Waals surface area contributed by atoms with Crippen LogP contribution in [0.5, 0.6) is 0 Å². The molecule has 0 unspecified atom stereocenters. The number of carbonyl (C=O) groups excluding carboxylic acids is 1. The van der Waals surface area contributed by atoms with Crippen molar-refractivity contribution in [1.29, 1.82) is 0 Å². The van der Waals surface area contributed by atoms with Gasteiger partial charge in [0, 0.05) is 27.7 Å². The third-order valence-corrected chi connectivity index (χ3v) is 4.66. The Labute approximate surface area is 134 Å². The quantitative estimate of drug-likeness (QED) is 0.765. The zero-order chi connectivity index (χ0) is 14.4. The molecule has 0 fully saturated rings. The van der Waals surface area contributed by atoms with Crippen LogP contribution in [0.1, 0.15) is 0 Å². The predicted molar refractivity (Wildman–Crippen MR) is 90.3 cm³/mol. The summed E-state index contributed by atoms with van der Waals surface area (Å²) >= 11 is 6.35. The number of halogens is 1. The highest BCUT2D eigenvalue weighted by Crippen LogP contribution is 2.26. The van der Waals surface area contributed by atoms with Crippen LogP contribution in [-0.4, -0.2) is 28.9 Å². The lowest BCUT2D eigenvalue weighted by Gasteiger charge is -2.00. The van der Waals surface area contributed by atoms with Crippen LogP contribution in [0.2, 0.25) is 0 Å².